The third kappa shape index (κ3) is 5.97. The molecule has 5 nitrogen and oxygen atoms in total. The first-order valence-corrected chi connectivity index (χ1v) is 10.4. The lowest BCUT2D eigenvalue weighted by Gasteiger charge is -2.24. The van der Waals surface area contributed by atoms with E-state index in [-0.39, 0.29) is 6.03 Å². The number of hydrogen-bond acceptors (Lipinski definition) is 2. The van der Waals surface area contributed by atoms with Gasteiger partial charge in [-0.2, -0.15) is 0 Å². The molecule has 30 heavy (non-hydrogen) atoms. The quantitative estimate of drug-likeness (QED) is 0.522. The summed E-state index contributed by atoms with van der Waals surface area (Å²) in [6, 6.07) is 22.3. The van der Waals surface area contributed by atoms with Crippen LogP contribution in [0.1, 0.15) is 36.6 Å². The standard InChI is InChI=1S/C25H31N3O2/c1-20(2)22-11-13-23(14-12-22)26-25(29)28(16-17-30-3)19-24-10-7-15-27(24)18-21-8-5-4-6-9-21/h4-15,20H,16-19H2,1-3H3,(H,26,29). The SMILES string of the molecule is COCCN(Cc1cccn1Cc1ccccc1)C(=O)Nc1ccc(C(C)C)cc1. The number of ether oxygens (including phenoxy) is 1. The van der Waals surface area contributed by atoms with Gasteiger partial charge in [0.25, 0.3) is 0 Å². The third-order valence-corrected chi connectivity index (χ3v) is 5.15. The molecule has 0 aliphatic rings. The maximum atomic E-state index is 13.0. The molecule has 0 saturated heterocycles. The molecule has 1 N–H and O–H groups in total. The van der Waals surface area contributed by atoms with Gasteiger partial charge in [-0.1, -0.05) is 56.3 Å². The first-order valence-electron chi connectivity index (χ1n) is 10.4. The number of aromatic nitrogens is 1. The van der Waals surface area contributed by atoms with E-state index in [0.29, 0.717) is 25.6 Å². The van der Waals surface area contributed by atoms with Crippen molar-refractivity contribution in [3.05, 3.63) is 89.7 Å². The van der Waals surface area contributed by atoms with Crippen LogP contribution >= 0.6 is 0 Å². The van der Waals surface area contributed by atoms with Gasteiger partial charge < -0.3 is 19.5 Å². The van der Waals surface area contributed by atoms with Crippen LogP contribution < -0.4 is 5.32 Å². The predicted octanol–water partition coefficient (Wildman–Crippen LogP) is 5.34. The largest absolute Gasteiger partial charge is 0.383 e. The average molecular weight is 406 g/mol. The van der Waals surface area contributed by atoms with Crippen molar-refractivity contribution < 1.29 is 9.53 Å². The van der Waals surface area contributed by atoms with Gasteiger partial charge in [-0.05, 0) is 41.3 Å². The second kappa shape index (κ2) is 10.6. The molecule has 1 heterocycles. The van der Waals surface area contributed by atoms with Crippen LogP contribution in [-0.2, 0) is 17.8 Å². The lowest BCUT2D eigenvalue weighted by molar-refractivity contribution is 0.152. The van der Waals surface area contributed by atoms with E-state index < -0.39 is 0 Å². The molecule has 158 valence electrons. The van der Waals surface area contributed by atoms with Crippen LogP contribution in [0.2, 0.25) is 0 Å². The van der Waals surface area contributed by atoms with E-state index in [1.807, 2.05) is 36.4 Å². The monoisotopic (exact) mass is 405 g/mol. The lowest BCUT2D eigenvalue weighted by atomic mass is 10.0. The number of amides is 2. The summed E-state index contributed by atoms with van der Waals surface area (Å²) in [5.74, 6) is 0.463. The number of carbonyl (C=O) groups is 1. The Morgan fingerprint density at radius 2 is 1.77 bits per heavy atom. The van der Waals surface area contributed by atoms with Crippen LogP contribution in [0.4, 0.5) is 10.5 Å². The summed E-state index contributed by atoms with van der Waals surface area (Å²) < 4.78 is 7.41. The number of benzene rings is 2. The third-order valence-electron chi connectivity index (χ3n) is 5.15. The topological polar surface area (TPSA) is 46.5 Å². The fraction of sp³-hybridized carbons (Fsp3) is 0.320. The highest BCUT2D eigenvalue weighted by Gasteiger charge is 2.16. The molecule has 0 saturated carbocycles. The van der Waals surface area contributed by atoms with E-state index >= 15 is 0 Å². The van der Waals surface area contributed by atoms with Crippen LogP contribution in [0, 0.1) is 0 Å². The van der Waals surface area contributed by atoms with E-state index in [0.717, 1.165) is 17.9 Å². The number of rotatable bonds is 9. The van der Waals surface area contributed by atoms with E-state index in [1.54, 1.807) is 12.0 Å². The van der Waals surface area contributed by atoms with Gasteiger partial charge >= 0.3 is 6.03 Å². The Hall–Kier alpha value is -3.05. The van der Waals surface area contributed by atoms with Crippen molar-refractivity contribution >= 4 is 11.7 Å². The zero-order chi connectivity index (χ0) is 21.3. The minimum atomic E-state index is -0.128. The smallest absolute Gasteiger partial charge is 0.322 e. The Balaban J connectivity index is 1.70. The number of nitrogens with zero attached hydrogens (tertiary/aromatic N) is 2. The maximum absolute atomic E-state index is 13.0. The van der Waals surface area contributed by atoms with Gasteiger partial charge in [-0.15, -0.1) is 0 Å². The second-order valence-corrected chi connectivity index (χ2v) is 7.73. The van der Waals surface area contributed by atoms with Crippen molar-refractivity contribution in [2.75, 3.05) is 25.6 Å². The zero-order valence-corrected chi connectivity index (χ0v) is 18.0. The van der Waals surface area contributed by atoms with E-state index in [1.165, 1.54) is 11.1 Å². The van der Waals surface area contributed by atoms with Crippen LogP contribution in [0.3, 0.4) is 0 Å². The summed E-state index contributed by atoms with van der Waals surface area (Å²) in [5.41, 5.74) is 4.36. The normalized spacial score (nSPS) is 10.9. The van der Waals surface area contributed by atoms with Gasteiger partial charge in [0.15, 0.2) is 0 Å². The molecule has 5 heteroatoms. The summed E-state index contributed by atoms with van der Waals surface area (Å²) in [7, 11) is 1.65. The van der Waals surface area contributed by atoms with Crippen molar-refractivity contribution in [3.63, 3.8) is 0 Å². The molecular weight excluding hydrogens is 374 g/mol. The van der Waals surface area contributed by atoms with Crippen molar-refractivity contribution in [1.82, 2.24) is 9.47 Å². The van der Waals surface area contributed by atoms with Crippen LogP contribution in [0.25, 0.3) is 0 Å². The molecule has 2 aromatic carbocycles. The van der Waals surface area contributed by atoms with Crippen molar-refractivity contribution in [2.24, 2.45) is 0 Å². The number of carbonyl (C=O) groups excluding carboxylic acids is 1. The van der Waals surface area contributed by atoms with Gasteiger partial charge in [-0.25, -0.2) is 4.79 Å². The van der Waals surface area contributed by atoms with Gasteiger partial charge in [0, 0.05) is 37.8 Å². The van der Waals surface area contributed by atoms with Crippen molar-refractivity contribution in [3.8, 4) is 0 Å². The number of methoxy groups -OCH3 is 1. The number of urea groups is 1. The maximum Gasteiger partial charge on any atom is 0.322 e. The highest BCUT2D eigenvalue weighted by atomic mass is 16.5. The number of anilines is 1. The van der Waals surface area contributed by atoms with Crippen molar-refractivity contribution in [1.29, 1.82) is 0 Å². The average Bonchev–Trinajstić information content (AvgIpc) is 3.18. The summed E-state index contributed by atoms with van der Waals surface area (Å²) >= 11 is 0. The molecule has 0 aliphatic carbocycles. The minimum absolute atomic E-state index is 0.128. The molecular formula is C25H31N3O2. The van der Waals surface area contributed by atoms with E-state index in [2.05, 4.69) is 60.3 Å². The van der Waals surface area contributed by atoms with Gasteiger partial charge in [0.1, 0.15) is 0 Å². The second-order valence-electron chi connectivity index (χ2n) is 7.73. The Morgan fingerprint density at radius 1 is 1.03 bits per heavy atom. The van der Waals surface area contributed by atoms with E-state index in [9.17, 15) is 4.79 Å². The molecule has 0 radical (unpaired) electrons. The van der Waals surface area contributed by atoms with Crippen LogP contribution in [-0.4, -0.2) is 35.8 Å². The highest BCUT2D eigenvalue weighted by molar-refractivity contribution is 5.89. The molecule has 0 fully saturated rings. The van der Waals surface area contributed by atoms with Gasteiger partial charge in [0.05, 0.1) is 13.2 Å². The summed E-state index contributed by atoms with van der Waals surface area (Å²) in [5, 5.41) is 3.02. The Labute approximate surface area is 179 Å². The fourth-order valence-electron chi connectivity index (χ4n) is 3.33. The summed E-state index contributed by atoms with van der Waals surface area (Å²) in [4.78, 5) is 14.8. The first kappa shape index (κ1) is 21.7. The Kier molecular flexibility index (Phi) is 7.69. The number of nitrogens with one attached hydrogen (secondary N) is 1. The molecule has 0 aliphatic heterocycles. The van der Waals surface area contributed by atoms with Crippen molar-refractivity contribution in [2.45, 2.75) is 32.9 Å². The molecule has 3 rings (SSSR count). The van der Waals surface area contributed by atoms with Gasteiger partial charge in [0.2, 0.25) is 0 Å². The molecule has 3 aromatic rings. The summed E-state index contributed by atoms with van der Waals surface area (Å²) in [6.07, 6.45) is 2.05. The molecule has 2 amide bonds. The fourth-order valence-corrected chi connectivity index (χ4v) is 3.33. The predicted molar refractivity (Wildman–Crippen MR) is 122 cm³/mol. The Morgan fingerprint density at radius 3 is 2.43 bits per heavy atom. The summed E-state index contributed by atoms with van der Waals surface area (Å²) in [6.45, 7) is 6.61. The molecule has 0 unspecified atom stereocenters. The van der Waals surface area contributed by atoms with Crippen LogP contribution in [0.5, 0.6) is 0 Å². The first-order chi connectivity index (χ1) is 14.6. The zero-order valence-electron chi connectivity index (χ0n) is 18.0. The molecule has 0 atom stereocenters. The van der Waals surface area contributed by atoms with Crippen LogP contribution in [0.15, 0.2) is 72.9 Å². The lowest BCUT2D eigenvalue weighted by Crippen LogP contribution is -2.37. The Bertz CT molecular complexity index is 917. The minimum Gasteiger partial charge on any atom is -0.383 e. The molecule has 0 bridgehead atoms. The highest BCUT2D eigenvalue weighted by Crippen LogP contribution is 2.18. The van der Waals surface area contributed by atoms with E-state index in [4.69, 9.17) is 4.74 Å². The molecule has 1 aromatic heterocycles. The number of hydrogen-bond donors (Lipinski definition) is 1. The molecule has 0 spiro atoms. The van der Waals surface area contributed by atoms with Gasteiger partial charge in [-0.3, -0.25) is 0 Å².